The number of ether oxygens (including phenoxy) is 1. The van der Waals surface area contributed by atoms with Crippen LogP contribution in [0.5, 0.6) is 5.75 Å². The van der Waals surface area contributed by atoms with E-state index in [0.717, 1.165) is 0 Å². The lowest BCUT2D eigenvalue weighted by atomic mass is 10.2. The third-order valence-electron chi connectivity index (χ3n) is 2.10. The molecular formula is C13H21ClN2O2. The topological polar surface area (TPSA) is 64.3 Å². The van der Waals surface area contributed by atoms with Crippen LogP contribution in [0.3, 0.4) is 0 Å². The number of hydrogen-bond acceptors (Lipinski definition) is 3. The van der Waals surface area contributed by atoms with Crippen LogP contribution in [0, 0.1) is 5.92 Å². The first-order chi connectivity index (χ1) is 8.13. The van der Waals surface area contributed by atoms with Crippen molar-refractivity contribution in [2.24, 2.45) is 11.7 Å². The summed E-state index contributed by atoms with van der Waals surface area (Å²) in [5.41, 5.74) is 6.03. The first-order valence-corrected chi connectivity index (χ1v) is 5.85. The third kappa shape index (κ3) is 5.89. The molecule has 0 atom stereocenters. The van der Waals surface area contributed by atoms with Gasteiger partial charge in [-0.25, -0.2) is 0 Å². The predicted octanol–water partition coefficient (Wildman–Crippen LogP) is 2.43. The quantitative estimate of drug-likeness (QED) is 0.836. The Morgan fingerprint density at radius 1 is 1.39 bits per heavy atom. The smallest absolute Gasteiger partial charge is 0.225 e. The standard InChI is InChI=1S/C13H20N2O2.ClH/c1-10(2)9-17-12-6-4-3-5-11(12)15-13(16)7-8-14;/h3-6,10H,7-9,14H2,1-2H3,(H,15,16);1H. The Kier molecular flexibility index (Phi) is 8.16. The van der Waals surface area contributed by atoms with Crippen molar-refractivity contribution in [2.45, 2.75) is 20.3 Å². The number of hydrogen-bond donors (Lipinski definition) is 2. The molecule has 0 spiro atoms. The van der Waals surface area contributed by atoms with E-state index < -0.39 is 0 Å². The number of carbonyl (C=O) groups excluding carboxylic acids is 1. The zero-order valence-corrected chi connectivity index (χ0v) is 11.6. The summed E-state index contributed by atoms with van der Waals surface area (Å²) in [5.74, 6) is 1.06. The molecule has 4 nitrogen and oxygen atoms in total. The first kappa shape index (κ1) is 16.7. The summed E-state index contributed by atoms with van der Waals surface area (Å²) in [6.07, 6.45) is 0.318. The molecule has 0 fully saturated rings. The normalized spacial score (nSPS) is 9.78. The van der Waals surface area contributed by atoms with Gasteiger partial charge in [-0.1, -0.05) is 26.0 Å². The Morgan fingerprint density at radius 3 is 2.67 bits per heavy atom. The largest absolute Gasteiger partial charge is 0.491 e. The second-order valence-corrected chi connectivity index (χ2v) is 4.29. The van der Waals surface area contributed by atoms with Gasteiger partial charge >= 0.3 is 0 Å². The highest BCUT2D eigenvalue weighted by Gasteiger charge is 2.07. The van der Waals surface area contributed by atoms with Crippen molar-refractivity contribution in [3.05, 3.63) is 24.3 Å². The van der Waals surface area contributed by atoms with Gasteiger partial charge in [0.15, 0.2) is 0 Å². The second kappa shape index (κ2) is 8.78. The first-order valence-electron chi connectivity index (χ1n) is 5.85. The van der Waals surface area contributed by atoms with Crippen molar-refractivity contribution in [1.82, 2.24) is 0 Å². The van der Waals surface area contributed by atoms with Gasteiger partial charge in [0.1, 0.15) is 5.75 Å². The second-order valence-electron chi connectivity index (χ2n) is 4.29. The van der Waals surface area contributed by atoms with Crippen LogP contribution >= 0.6 is 12.4 Å². The molecule has 1 aromatic carbocycles. The van der Waals surface area contributed by atoms with Gasteiger partial charge in [0, 0.05) is 13.0 Å². The number of para-hydroxylation sites is 2. The molecule has 18 heavy (non-hydrogen) atoms. The maximum absolute atomic E-state index is 11.5. The van der Waals surface area contributed by atoms with Crippen LogP contribution in [0.4, 0.5) is 5.69 Å². The molecule has 0 aliphatic heterocycles. The van der Waals surface area contributed by atoms with Crippen molar-refractivity contribution >= 4 is 24.0 Å². The molecule has 0 aliphatic carbocycles. The van der Waals surface area contributed by atoms with E-state index in [2.05, 4.69) is 19.2 Å². The van der Waals surface area contributed by atoms with Crippen LogP contribution in [0.15, 0.2) is 24.3 Å². The van der Waals surface area contributed by atoms with Gasteiger partial charge in [-0.2, -0.15) is 0 Å². The summed E-state index contributed by atoms with van der Waals surface area (Å²) in [7, 11) is 0. The molecule has 102 valence electrons. The number of nitrogens with two attached hydrogens (primary N) is 1. The fourth-order valence-electron chi connectivity index (χ4n) is 1.30. The lowest BCUT2D eigenvalue weighted by molar-refractivity contribution is -0.116. The third-order valence-corrected chi connectivity index (χ3v) is 2.10. The van der Waals surface area contributed by atoms with E-state index >= 15 is 0 Å². The van der Waals surface area contributed by atoms with E-state index in [1.54, 1.807) is 0 Å². The number of carbonyl (C=O) groups is 1. The summed E-state index contributed by atoms with van der Waals surface area (Å²) in [4.78, 5) is 11.5. The molecule has 1 aromatic rings. The van der Waals surface area contributed by atoms with Crippen LogP contribution in [0.2, 0.25) is 0 Å². The molecule has 0 radical (unpaired) electrons. The van der Waals surface area contributed by atoms with Gasteiger partial charge in [-0.05, 0) is 18.1 Å². The Hall–Kier alpha value is -1.26. The average molecular weight is 273 g/mol. The molecule has 0 saturated heterocycles. The highest BCUT2D eigenvalue weighted by molar-refractivity contribution is 5.92. The maximum Gasteiger partial charge on any atom is 0.225 e. The van der Waals surface area contributed by atoms with Crippen LogP contribution < -0.4 is 15.8 Å². The molecule has 0 unspecified atom stereocenters. The molecule has 0 saturated carbocycles. The maximum atomic E-state index is 11.5. The molecule has 5 heteroatoms. The highest BCUT2D eigenvalue weighted by Crippen LogP contribution is 2.24. The molecule has 1 amide bonds. The van der Waals surface area contributed by atoms with Crippen molar-refractivity contribution in [3.63, 3.8) is 0 Å². The van der Waals surface area contributed by atoms with Crippen LogP contribution in [-0.2, 0) is 4.79 Å². The van der Waals surface area contributed by atoms with Gasteiger partial charge in [0.05, 0.1) is 12.3 Å². The summed E-state index contributed by atoms with van der Waals surface area (Å²) in [5, 5.41) is 2.79. The SMILES string of the molecule is CC(C)COc1ccccc1NC(=O)CCN.Cl. The zero-order valence-electron chi connectivity index (χ0n) is 10.8. The number of benzene rings is 1. The van der Waals surface area contributed by atoms with Crippen LogP contribution in [0.1, 0.15) is 20.3 Å². The van der Waals surface area contributed by atoms with Crippen LogP contribution in [0.25, 0.3) is 0 Å². The van der Waals surface area contributed by atoms with Gasteiger partial charge in [-0.15, -0.1) is 12.4 Å². The van der Waals surface area contributed by atoms with Crippen molar-refractivity contribution in [2.75, 3.05) is 18.5 Å². The molecule has 3 N–H and O–H groups in total. The molecule has 1 rings (SSSR count). The fraction of sp³-hybridized carbons (Fsp3) is 0.462. The average Bonchev–Trinajstić information content (AvgIpc) is 2.28. The predicted molar refractivity (Wildman–Crippen MR) is 76.3 cm³/mol. The molecular weight excluding hydrogens is 252 g/mol. The number of anilines is 1. The van der Waals surface area contributed by atoms with E-state index in [4.69, 9.17) is 10.5 Å². The molecule has 0 heterocycles. The summed E-state index contributed by atoms with van der Waals surface area (Å²) in [6.45, 7) is 5.13. The summed E-state index contributed by atoms with van der Waals surface area (Å²) in [6, 6.07) is 7.42. The number of amides is 1. The molecule has 0 aromatic heterocycles. The minimum Gasteiger partial charge on any atom is -0.491 e. The monoisotopic (exact) mass is 272 g/mol. The summed E-state index contributed by atoms with van der Waals surface area (Å²) < 4.78 is 5.63. The van der Waals surface area contributed by atoms with E-state index in [9.17, 15) is 4.79 Å². The minimum atomic E-state index is -0.0897. The van der Waals surface area contributed by atoms with Gasteiger partial charge in [-0.3, -0.25) is 4.79 Å². The zero-order chi connectivity index (χ0) is 12.7. The van der Waals surface area contributed by atoms with Gasteiger partial charge < -0.3 is 15.8 Å². The van der Waals surface area contributed by atoms with Gasteiger partial charge in [0.2, 0.25) is 5.91 Å². The van der Waals surface area contributed by atoms with E-state index in [0.29, 0.717) is 36.9 Å². The van der Waals surface area contributed by atoms with E-state index in [1.165, 1.54) is 0 Å². The molecule has 0 aliphatic rings. The fourth-order valence-corrected chi connectivity index (χ4v) is 1.30. The summed E-state index contributed by atoms with van der Waals surface area (Å²) >= 11 is 0. The highest BCUT2D eigenvalue weighted by atomic mass is 35.5. The van der Waals surface area contributed by atoms with Crippen molar-refractivity contribution in [1.29, 1.82) is 0 Å². The van der Waals surface area contributed by atoms with Crippen molar-refractivity contribution in [3.8, 4) is 5.75 Å². The minimum absolute atomic E-state index is 0. The Labute approximate surface area is 114 Å². The van der Waals surface area contributed by atoms with E-state index in [-0.39, 0.29) is 18.3 Å². The van der Waals surface area contributed by atoms with Crippen molar-refractivity contribution < 1.29 is 9.53 Å². The number of rotatable bonds is 6. The lowest BCUT2D eigenvalue weighted by Crippen LogP contribution is -2.17. The Balaban J connectivity index is 0.00000289. The molecule has 0 bridgehead atoms. The van der Waals surface area contributed by atoms with Gasteiger partial charge in [0.25, 0.3) is 0 Å². The number of halogens is 1. The lowest BCUT2D eigenvalue weighted by Gasteiger charge is -2.13. The van der Waals surface area contributed by atoms with E-state index in [1.807, 2.05) is 24.3 Å². The Morgan fingerprint density at radius 2 is 2.06 bits per heavy atom. The Bertz CT molecular complexity index is 370. The van der Waals surface area contributed by atoms with Crippen LogP contribution in [-0.4, -0.2) is 19.1 Å². The number of nitrogens with one attached hydrogen (secondary N) is 1.